The lowest BCUT2D eigenvalue weighted by molar-refractivity contribution is 0.0696. The average Bonchev–Trinajstić information content (AvgIpc) is 3.34. The lowest BCUT2D eigenvalue weighted by atomic mass is 10.1. The minimum absolute atomic E-state index is 0.141. The molecule has 9 heteroatoms. The van der Waals surface area contributed by atoms with E-state index in [-0.39, 0.29) is 5.56 Å². The number of benzene rings is 1. The Morgan fingerprint density at radius 1 is 0.935 bits per heavy atom. The number of carbonyl (C=O) groups is 1. The molecule has 2 aliphatic rings. The van der Waals surface area contributed by atoms with Crippen LogP contribution in [0.4, 0.5) is 5.82 Å². The van der Waals surface area contributed by atoms with Crippen molar-refractivity contribution in [1.29, 1.82) is 0 Å². The lowest BCUT2D eigenvalue weighted by Crippen LogP contribution is -2.32. The SMILES string of the molecule is O=C(O)c1cnc(CCc2ccc(S(=O)(=O)N3CCCC3)cc2)nc1N1CCCCC1. The summed E-state index contributed by atoms with van der Waals surface area (Å²) in [6, 6.07) is 6.99. The second kappa shape index (κ2) is 9.32. The summed E-state index contributed by atoms with van der Waals surface area (Å²) < 4.78 is 26.8. The van der Waals surface area contributed by atoms with Crippen LogP contribution >= 0.6 is 0 Å². The van der Waals surface area contributed by atoms with Gasteiger partial charge >= 0.3 is 5.97 Å². The van der Waals surface area contributed by atoms with Crippen molar-refractivity contribution in [2.24, 2.45) is 0 Å². The second-order valence-corrected chi connectivity index (χ2v) is 10.1. The van der Waals surface area contributed by atoms with Crippen LogP contribution in [-0.4, -0.2) is 59.9 Å². The highest BCUT2D eigenvalue weighted by atomic mass is 32.2. The second-order valence-electron chi connectivity index (χ2n) is 8.13. The molecule has 2 aromatic rings. The fourth-order valence-corrected chi connectivity index (χ4v) is 5.71. The number of aromatic carboxylic acids is 1. The number of aryl methyl sites for hydroxylation is 2. The summed E-state index contributed by atoms with van der Waals surface area (Å²) in [6.45, 7) is 2.80. The molecule has 166 valence electrons. The highest BCUT2D eigenvalue weighted by molar-refractivity contribution is 7.89. The van der Waals surface area contributed by atoms with E-state index in [4.69, 9.17) is 0 Å². The van der Waals surface area contributed by atoms with E-state index in [1.807, 2.05) is 17.0 Å². The van der Waals surface area contributed by atoms with Crippen molar-refractivity contribution in [2.45, 2.75) is 49.8 Å². The standard InChI is InChI=1S/C22H28N4O4S/c27-22(28)19-16-23-20(24-21(19)25-12-2-1-3-13-25)11-8-17-6-9-18(10-7-17)31(29,30)26-14-4-5-15-26/h6-7,9-10,16H,1-5,8,11-15H2,(H,27,28). The van der Waals surface area contributed by atoms with Crippen molar-refractivity contribution in [2.75, 3.05) is 31.1 Å². The maximum Gasteiger partial charge on any atom is 0.341 e. The summed E-state index contributed by atoms with van der Waals surface area (Å²) in [5.41, 5.74) is 1.13. The van der Waals surface area contributed by atoms with E-state index in [1.165, 1.54) is 6.20 Å². The molecule has 0 unspecified atom stereocenters. The third-order valence-corrected chi connectivity index (χ3v) is 7.88. The quantitative estimate of drug-likeness (QED) is 0.700. The lowest BCUT2D eigenvalue weighted by Gasteiger charge is -2.28. The number of piperidine rings is 1. The Morgan fingerprint density at radius 2 is 1.58 bits per heavy atom. The molecule has 1 N–H and O–H groups in total. The molecule has 0 saturated carbocycles. The molecule has 0 radical (unpaired) electrons. The molecule has 0 aliphatic carbocycles. The van der Waals surface area contributed by atoms with Crippen LogP contribution in [0.25, 0.3) is 0 Å². The predicted octanol–water partition coefficient (Wildman–Crippen LogP) is 2.73. The molecule has 8 nitrogen and oxygen atoms in total. The van der Waals surface area contributed by atoms with Crippen LogP contribution in [0, 0.1) is 0 Å². The molecule has 1 aromatic carbocycles. The number of hydrogen-bond acceptors (Lipinski definition) is 6. The van der Waals surface area contributed by atoms with Gasteiger partial charge in [0.05, 0.1) is 4.90 Å². The largest absolute Gasteiger partial charge is 0.477 e. The number of carboxylic acids is 1. The Bertz CT molecular complexity index is 1030. The fourth-order valence-electron chi connectivity index (χ4n) is 4.19. The van der Waals surface area contributed by atoms with Gasteiger partial charge in [0, 0.05) is 38.8 Å². The molecular formula is C22H28N4O4S. The minimum Gasteiger partial charge on any atom is -0.477 e. The molecule has 2 fully saturated rings. The van der Waals surface area contributed by atoms with Crippen molar-refractivity contribution in [3.05, 3.63) is 47.4 Å². The molecule has 0 spiro atoms. The van der Waals surface area contributed by atoms with Crippen molar-refractivity contribution in [3.63, 3.8) is 0 Å². The van der Waals surface area contributed by atoms with Crippen LogP contribution < -0.4 is 4.90 Å². The molecule has 4 rings (SSSR count). The van der Waals surface area contributed by atoms with Gasteiger partial charge in [0.1, 0.15) is 17.2 Å². The molecular weight excluding hydrogens is 416 g/mol. The van der Waals surface area contributed by atoms with Crippen LogP contribution in [0.5, 0.6) is 0 Å². The Hall–Kier alpha value is -2.52. The van der Waals surface area contributed by atoms with Gasteiger partial charge in [-0.2, -0.15) is 4.31 Å². The first kappa shape index (κ1) is 21.7. The number of anilines is 1. The van der Waals surface area contributed by atoms with Crippen LogP contribution in [0.15, 0.2) is 35.4 Å². The van der Waals surface area contributed by atoms with Crippen molar-refractivity contribution in [3.8, 4) is 0 Å². The first-order valence-corrected chi connectivity index (χ1v) is 12.3. The van der Waals surface area contributed by atoms with Gasteiger partial charge < -0.3 is 10.0 Å². The van der Waals surface area contributed by atoms with Crippen molar-refractivity contribution in [1.82, 2.24) is 14.3 Å². The maximum absolute atomic E-state index is 12.7. The number of carboxylic acid groups (broad SMARTS) is 1. The van der Waals surface area contributed by atoms with E-state index < -0.39 is 16.0 Å². The van der Waals surface area contributed by atoms with E-state index in [0.717, 1.165) is 50.8 Å². The Labute approximate surface area is 183 Å². The summed E-state index contributed by atoms with van der Waals surface area (Å²) in [4.78, 5) is 22.8. The van der Waals surface area contributed by atoms with E-state index in [0.29, 0.717) is 42.5 Å². The Kier molecular flexibility index (Phi) is 6.52. The van der Waals surface area contributed by atoms with E-state index >= 15 is 0 Å². The van der Waals surface area contributed by atoms with Crippen LogP contribution in [-0.2, 0) is 22.9 Å². The van der Waals surface area contributed by atoms with Gasteiger partial charge in [-0.15, -0.1) is 0 Å². The van der Waals surface area contributed by atoms with Crippen molar-refractivity contribution < 1.29 is 18.3 Å². The van der Waals surface area contributed by atoms with Gasteiger partial charge in [-0.05, 0) is 56.2 Å². The topological polar surface area (TPSA) is 104 Å². The zero-order chi connectivity index (χ0) is 21.8. The Morgan fingerprint density at radius 3 is 2.23 bits per heavy atom. The first-order valence-electron chi connectivity index (χ1n) is 10.9. The summed E-state index contributed by atoms with van der Waals surface area (Å²) in [5, 5.41) is 9.51. The number of aromatic nitrogens is 2. The fraction of sp³-hybridized carbons (Fsp3) is 0.500. The van der Waals surface area contributed by atoms with Gasteiger partial charge in [0.2, 0.25) is 10.0 Å². The van der Waals surface area contributed by atoms with Gasteiger partial charge in [-0.25, -0.2) is 23.2 Å². The third-order valence-electron chi connectivity index (χ3n) is 5.97. The summed E-state index contributed by atoms with van der Waals surface area (Å²) >= 11 is 0. The number of rotatable bonds is 7. The number of nitrogens with zero attached hydrogens (tertiary/aromatic N) is 4. The highest BCUT2D eigenvalue weighted by Crippen LogP contribution is 2.23. The minimum atomic E-state index is -3.41. The molecule has 1 aromatic heterocycles. The summed E-state index contributed by atoms with van der Waals surface area (Å²) in [7, 11) is -3.41. The molecule has 2 saturated heterocycles. The van der Waals surface area contributed by atoms with E-state index in [1.54, 1.807) is 16.4 Å². The Balaban J connectivity index is 1.45. The smallest absolute Gasteiger partial charge is 0.341 e. The number of hydrogen-bond donors (Lipinski definition) is 1. The molecule has 31 heavy (non-hydrogen) atoms. The van der Waals surface area contributed by atoms with E-state index in [9.17, 15) is 18.3 Å². The van der Waals surface area contributed by atoms with Crippen molar-refractivity contribution >= 4 is 21.8 Å². The molecule has 3 heterocycles. The molecule has 0 atom stereocenters. The average molecular weight is 445 g/mol. The monoisotopic (exact) mass is 444 g/mol. The first-order chi connectivity index (χ1) is 14.9. The van der Waals surface area contributed by atoms with Crippen LogP contribution in [0.3, 0.4) is 0 Å². The highest BCUT2D eigenvalue weighted by Gasteiger charge is 2.27. The van der Waals surface area contributed by atoms with Crippen LogP contribution in [0.1, 0.15) is 53.8 Å². The molecule has 0 amide bonds. The van der Waals surface area contributed by atoms with Crippen LogP contribution in [0.2, 0.25) is 0 Å². The summed E-state index contributed by atoms with van der Waals surface area (Å²) in [5.74, 6) is 0.0884. The summed E-state index contributed by atoms with van der Waals surface area (Å²) in [6.07, 6.45) is 7.65. The molecule has 2 aliphatic heterocycles. The zero-order valence-electron chi connectivity index (χ0n) is 17.5. The maximum atomic E-state index is 12.7. The van der Waals surface area contributed by atoms with Gasteiger partial charge in [0.25, 0.3) is 0 Å². The zero-order valence-corrected chi connectivity index (χ0v) is 18.4. The normalized spacial score (nSPS) is 17.7. The number of sulfonamides is 1. The predicted molar refractivity (Wildman–Crippen MR) is 117 cm³/mol. The molecule has 0 bridgehead atoms. The van der Waals surface area contributed by atoms with Gasteiger partial charge in [-0.1, -0.05) is 12.1 Å². The van der Waals surface area contributed by atoms with Gasteiger partial charge in [0.15, 0.2) is 0 Å². The van der Waals surface area contributed by atoms with E-state index in [2.05, 4.69) is 9.97 Å². The third kappa shape index (κ3) is 4.88. The van der Waals surface area contributed by atoms with Gasteiger partial charge in [-0.3, -0.25) is 0 Å².